The summed E-state index contributed by atoms with van der Waals surface area (Å²) in [5.74, 6) is 0. The van der Waals surface area contributed by atoms with Crippen molar-refractivity contribution in [3.8, 4) is 0 Å². The lowest BCUT2D eigenvalue weighted by Crippen LogP contribution is -1.99. The molecule has 0 aliphatic heterocycles. The predicted octanol–water partition coefficient (Wildman–Crippen LogP) is 4.96. The summed E-state index contributed by atoms with van der Waals surface area (Å²) in [5, 5.41) is 2.82. The molecule has 0 rings (SSSR count). The Morgan fingerprint density at radius 2 is 1.59 bits per heavy atom. The summed E-state index contributed by atoms with van der Waals surface area (Å²) in [7, 11) is 0. The van der Waals surface area contributed by atoms with Crippen molar-refractivity contribution >= 4 is 6.09 Å². The first-order chi connectivity index (χ1) is 8.31. The number of rotatable bonds is 10. The van der Waals surface area contributed by atoms with Crippen molar-refractivity contribution in [3.05, 3.63) is 10.4 Å². The fraction of sp³-hybridized carbons (Fsp3) is 0.917. The summed E-state index contributed by atoms with van der Waals surface area (Å²) in [6, 6.07) is 0. The Morgan fingerprint density at radius 3 is 2.12 bits per heavy atom. The second kappa shape index (κ2) is 12.8. The van der Waals surface area contributed by atoms with Crippen molar-refractivity contribution in [2.75, 3.05) is 6.61 Å². The van der Waals surface area contributed by atoms with Crippen molar-refractivity contribution in [3.63, 3.8) is 0 Å². The fourth-order valence-electron chi connectivity index (χ4n) is 1.64. The summed E-state index contributed by atoms with van der Waals surface area (Å²) < 4.78 is 4.68. The van der Waals surface area contributed by atoms with E-state index < -0.39 is 6.09 Å². The van der Waals surface area contributed by atoms with Crippen molar-refractivity contribution < 1.29 is 9.53 Å². The molecule has 0 N–H and O–H groups in total. The van der Waals surface area contributed by atoms with E-state index in [1.807, 2.05) is 0 Å². The highest BCUT2D eigenvalue weighted by Gasteiger charge is 1.97. The first kappa shape index (κ1) is 15.8. The summed E-state index contributed by atoms with van der Waals surface area (Å²) >= 11 is 0. The van der Waals surface area contributed by atoms with Crippen LogP contribution in [0.3, 0.4) is 0 Å². The maximum absolute atomic E-state index is 10.6. The Bertz CT molecular complexity index is 238. The minimum Gasteiger partial charge on any atom is -0.461 e. The Balaban J connectivity index is 3.08. The quantitative estimate of drug-likeness (QED) is 0.234. The van der Waals surface area contributed by atoms with Gasteiger partial charge in [0.25, 0.3) is 0 Å². The van der Waals surface area contributed by atoms with Crippen LogP contribution in [0.4, 0.5) is 4.79 Å². The first-order valence-electron chi connectivity index (χ1n) is 6.53. The van der Waals surface area contributed by atoms with Crippen molar-refractivity contribution in [1.82, 2.24) is 0 Å². The van der Waals surface area contributed by atoms with Gasteiger partial charge in [-0.1, -0.05) is 58.3 Å². The monoisotopic (exact) mass is 241 g/mol. The third-order valence-electron chi connectivity index (χ3n) is 2.60. The average molecular weight is 241 g/mol. The van der Waals surface area contributed by atoms with Crippen LogP contribution in [0, 0.1) is 0 Å². The molecule has 0 aliphatic carbocycles. The third kappa shape index (κ3) is 12.7. The van der Waals surface area contributed by atoms with Crippen LogP contribution in [0.2, 0.25) is 0 Å². The van der Waals surface area contributed by atoms with Crippen molar-refractivity contribution in [2.45, 2.75) is 64.7 Å². The number of carbonyl (C=O) groups excluding carboxylic acids is 1. The smallest absolute Gasteiger partial charge is 0.396 e. The van der Waals surface area contributed by atoms with Crippen molar-refractivity contribution in [1.29, 1.82) is 0 Å². The lowest BCUT2D eigenvalue weighted by atomic mass is 10.1. The largest absolute Gasteiger partial charge is 0.461 e. The van der Waals surface area contributed by atoms with E-state index in [4.69, 9.17) is 5.53 Å². The number of ether oxygens (including phenoxy) is 1. The standard InChI is InChI=1S/C12H23N3O2/c1-2-3-4-5-6-7-8-9-10-11-17-12(16)14-15-13/h2-11H2,1H3. The van der Waals surface area contributed by atoms with E-state index in [0.717, 1.165) is 12.8 Å². The second-order valence-corrected chi connectivity index (χ2v) is 4.13. The highest BCUT2D eigenvalue weighted by atomic mass is 16.5. The predicted molar refractivity (Wildman–Crippen MR) is 67.7 cm³/mol. The van der Waals surface area contributed by atoms with E-state index in [9.17, 15) is 4.79 Å². The van der Waals surface area contributed by atoms with Crippen LogP contribution in [0.15, 0.2) is 5.11 Å². The van der Waals surface area contributed by atoms with Crippen LogP contribution >= 0.6 is 0 Å². The van der Waals surface area contributed by atoms with Gasteiger partial charge in [-0.15, -0.1) is 0 Å². The molecule has 0 saturated heterocycles. The summed E-state index contributed by atoms with van der Waals surface area (Å²) in [5.41, 5.74) is 7.96. The molecule has 1 amide bonds. The molecule has 5 heteroatoms. The van der Waals surface area contributed by atoms with Gasteiger partial charge in [-0.25, -0.2) is 4.79 Å². The summed E-state index contributed by atoms with van der Waals surface area (Å²) in [4.78, 5) is 13.0. The number of unbranched alkanes of at least 4 members (excludes halogenated alkanes) is 8. The maximum Gasteiger partial charge on any atom is 0.396 e. The number of amides is 1. The van der Waals surface area contributed by atoms with Crippen LogP contribution in [-0.4, -0.2) is 12.7 Å². The van der Waals surface area contributed by atoms with Crippen LogP contribution in [0.1, 0.15) is 64.7 Å². The Kier molecular flexibility index (Phi) is 11.9. The van der Waals surface area contributed by atoms with Gasteiger partial charge in [-0.2, -0.15) is 0 Å². The Hall–Kier alpha value is -1.22. The third-order valence-corrected chi connectivity index (χ3v) is 2.60. The molecule has 0 fully saturated rings. The zero-order valence-electron chi connectivity index (χ0n) is 10.7. The molecule has 0 heterocycles. The maximum atomic E-state index is 10.6. The topological polar surface area (TPSA) is 75.1 Å². The van der Waals surface area contributed by atoms with E-state index in [2.05, 4.69) is 21.7 Å². The van der Waals surface area contributed by atoms with Gasteiger partial charge < -0.3 is 4.74 Å². The highest BCUT2D eigenvalue weighted by molar-refractivity contribution is 5.67. The molecular weight excluding hydrogens is 218 g/mol. The van der Waals surface area contributed by atoms with Gasteiger partial charge in [-0.05, 0) is 12.0 Å². The van der Waals surface area contributed by atoms with Gasteiger partial charge in [-0.3, -0.25) is 0 Å². The molecule has 0 radical (unpaired) electrons. The number of azide groups is 1. The average Bonchev–Trinajstić information content (AvgIpc) is 2.32. The van der Waals surface area contributed by atoms with Crippen molar-refractivity contribution in [2.24, 2.45) is 5.11 Å². The summed E-state index contributed by atoms with van der Waals surface area (Å²) in [6.07, 6.45) is 10.1. The van der Waals surface area contributed by atoms with E-state index >= 15 is 0 Å². The SMILES string of the molecule is CCCCCCCCCCCOC(=O)N=[N+]=[N-]. The summed E-state index contributed by atoms with van der Waals surface area (Å²) in [6.45, 7) is 2.57. The van der Waals surface area contributed by atoms with Crippen LogP contribution in [-0.2, 0) is 4.74 Å². The van der Waals surface area contributed by atoms with E-state index in [-0.39, 0.29) is 0 Å². The first-order valence-corrected chi connectivity index (χ1v) is 6.53. The molecule has 0 unspecified atom stereocenters. The molecule has 0 aromatic rings. The Labute approximate surface area is 103 Å². The van der Waals surface area contributed by atoms with Gasteiger partial charge in [0, 0.05) is 10.0 Å². The molecular formula is C12H23N3O2. The molecule has 0 aliphatic rings. The molecule has 5 nitrogen and oxygen atoms in total. The number of hydrogen-bond acceptors (Lipinski definition) is 2. The van der Waals surface area contributed by atoms with E-state index in [1.165, 1.54) is 44.9 Å². The van der Waals surface area contributed by atoms with Gasteiger partial charge in [0.05, 0.1) is 6.61 Å². The normalized spacial score (nSPS) is 9.71. The molecule has 0 saturated carbocycles. The van der Waals surface area contributed by atoms with Crippen LogP contribution in [0.25, 0.3) is 10.4 Å². The molecule has 0 spiro atoms. The zero-order valence-corrected chi connectivity index (χ0v) is 10.7. The second-order valence-electron chi connectivity index (χ2n) is 4.13. The van der Waals surface area contributed by atoms with Crippen LogP contribution in [0.5, 0.6) is 0 Å². The van der Waals surface area contributed by atoms with Gasteiger partial charge in [0.2, 0.25) is 0 Å². The highest BCUT2D eigenvalue weighted by Crippen LogP contribution is 2.09. The van der Waals surface area contributed by atoms with Gasteiger partial charge in [0.1, 0.15) is 0 Å². The fourth-order valence-corrected chi connectivity index (χ4v) is 1.64. The number of carbonyl (C=O) groups is 1. The molecule has 17 heavy (non-hydrogen) atoms. The van der Waals surface area contributed by atoms with E-state index in [1.54, 1.807) is 0 Å². The minimum atomic E-state index is -0.827. The Morgan fingerprint density at radius 1 is 1.06 bits per heavy atom. The molecule has 0 aromatic heterocycles. The number of nitrogens with zero attached hydrogens (tertiary/aromatic N) is 3. The molecule has 0 bridgehead atoms. The lowest BCUT2D eigenvalue weighted by molar-refractivity contribution is 0.154. The zero-order chi connectivity index (χ0) is 12.8. The minimum absolute atomic E-state index is 0.355. The van der Waals surface area contributed by atoms with E-state index in [0.29, 0.717) is 6.61 Å². The molecule has 0 atom stereocenters. The number of hydrogen-bond donors (Lipinski definition) is 0. The molecule has 0 aromatic carbocycles. The van der Waals surface area contributed by atoms with Gasteiger partial charge in [0.15, 0.2) is 0 Å². The van der Waals surface area contributed by atoms with Crippen LogP contribution < -0.4 is 0 Å². The van der Waals surface area contributed by atoms with Gasteiger partial charge >= 0.3 is 6.09 Å². The lowest BCUT2D eigenvalue weighted by Gasteiger charge is -2.02. The molecule has 98 valence electrons.